The molecule has 4 rings (SSSR count). The summed E-state index contributed by atoms with van der Waals surface area (Å²) in [5, 5.41) is 22.8. The van der Waals surface area contributed by atoms with Crippen molar-refractivity contribution in [3.8, 4) is 11.5 Å². The molecule has 5 nitrogen and oxygen atoms in total. The fourth-order valence-corrected chi connectivity index (χ4v) is 4.50. The first-order chi connectivity index (χ1) is 11.7. The summed E-state index contributed by atoms with van der Waals surface area (Å²) in [6.07, 6.45) is 6.70. The van der Waals surface area contributed by atoms with Crippen LogP contribution in [0.5, 0.6) is 11.5 Å². The molecule has 0 saturated carbocycles. The summed E-state index contributed by atoms with van der Waals surface area (Å²) in [5.41, 5.74) is 3.54. The molecule has 2 aliphatic heterocycles. The van der Waals surface area contributed by atoms with E-state index in [2.05, 4.69) is 17.5 Å². The van der Waals surface area contributed by atoms with Gasteiger partial charge in [-0.3, -0.25) is 0 Å². The van der Waals surface area contributed by atoms with Gasteiger partial charge >= 0.3 is 0 Å². The quantitative estimate of drug-likeness (QED) is 0.728. The van der Waals surface area contributed by atoms with Gasteiger partial charge in [0.25, 0.3) is 0 Å². The highest BCUT2D eigenvalue weighted by molar-refractivity contribution is 5.63. The molecule has 0 bridgehead atoms. The third-order valence-corrected chi connectivity index (χ3v) is 5.66. The monoisotopic (exact) mass is 331 g/mol. The largest absolute Gasteiger partial charge is 0.493 e. The molecule has 1 aromatic carbocycles. The Balaban J connectivity index is 1.92. The van der Waals surface area contributed by atoms with Crippen molar-refractivity contribution in [2.24, 2.45) is 0 Å². The van der Waals surface area contributed by atoms with Crippen molar-refractivity contribution in [3.63, 3.8) is 0 Å². The van der Waals surface area contributed by atoms with Gasteiger partial charge in [-0.1, -0.05) is 12.2 Å². The summed E-state index contributed by atoms with van der Waals surface area (Å²) >= 11 is 0. The Morgan fingerprint density at radius 1 is 1.46 bits per heavy atom. The van der Waals surface area contributed by atoms with Gasteiger partial charge in [-0.25, -0.2) is 0 Å². The number of rotatable bonds is 4. The Kier molecular flexibility index (Phi) is 4.03. The first kappa shape index (κ1) is 15.9. The number of aliphatic hydroxyl groups excluding tert-OH is 2. The van der Waals surface area contributed by atoms with Crippen molar-refractivity contribution in [1.29, 1.82) is 0 Å². The van der Waals surface area contributed by atoms with Gasteiger partial charge in [-0.15, -0.1) is 0 Å². The molecule has 0 amide bonds. The maximum atomic E-state index is 10.1. The van der Waals surface area contributed by atoms with E-state index in [-0.39, 0.29) is 18.1 Å². The van der Waals surface area contributed by atoms with E-state index in [1.54, 1.807) is 7.11 Å². The molecule has 3 unspecified atom stereocenters. The number of hydrogen-bond donors (Lipinski definition) is 3. The second-order valence-electron chi connectivity index (χ2n) is 6.98. The molecule has 2 heterocycles. The van der Waals surface area contributed by atoms with Crippen LogP contribution in [0, 0.1) is 0 Å². The fourth-order valence-electron chi connectivity index (χ4n) is 4.50. The third kappa shape index (κ3) is 2.26. The maximum Gasteiger partial charge on any atom is 0.166 e. The van der Waals surface area contributed by atoms with Crippen LogP contribution in [0.15, 0.2) is 18.2 Å². The molecule has 3 aliphatic rings. The van der Waals surface area contributed by atoms with Crippen molar-refractivity contribution in [3.05, 3.63) is 34.9 Å². The average Bonchev–Trinajstić information content (AvgIpc) is 2.79. The average molecular weight is 331 g/mol. The van der Waals surface area contributed by atoms with Gasteiger partial charge < -0.3 is 25.0 Å². The van der Waals surface area contributed by atoms with Gasteiger partial charge in [0.15, 0.2) is 11.5 Å². The lowest BCUT2D eigenvalue weighted by Gasteiger charge is -2.35. The van der Waals surface area contributed by atoms with Crippen LogP contribution in [0.3, 0.4) is 0 Å². The lowest BCUT2D eigenvalue weighted by molar-refractivity contribution is 0.0851. The summed E-state index contributed by atoms with van der Waals surface area (Å²) in [5.74, 6) is 1.60. The molecule has 24 heavy (non-hydrogen) atoms. The fraction of sp³-hybridized carbons (Fsp3) is 0.579. The van der Waals surface area contributed by atoms with Gasteiger partial charge in [-0.2, -0.15) is 0 Å². The highest BCUT2D eigenvalue weighted by Gasteiger charge is 2.52. The van der Waals surface area contributed by atoms with Gasteiger partial charge in [-0.05, 0) is 43.0 Å². The predicted octanol–water partition coefficient (Wildman–Crippen LogP) is 1.43. The van der Waals surface area contributed by atoms with Crippen molar-refractivity contribution in [2.45, 2.75) is 49.9 Å². The van der Waals surface area contributed by atoms with E-state index in [1.165, 1.54) is 16.7 Å². The second kappa shape index (κ2) is 6.06. The predicted molar refractivity (Wildman–Crippen MR) is 90.6 cm³/mol. The standard InChI is InChI=1S/C19H25NO4/c1-23-15-9-12(3-2-8-21)14-11-20-7-6-19-5-4-13(22)10-16(19)24-18(15)17(14)19/h4-5,9,13,16,20-22H,2-3,6-8,10-11H2,1H3. The number of benzene rings is 1. The topological polar surface area (TPSA) is 71.0 Å². The van der Waals surface area contributed by atoms with E-state index >= 15 is 0 Å². The van der Waals surface area contributed by atoms with Crippen molar-refractivity contribution < 1.29 is 19.7 Å². The molecule has 3 atom stereocenters. The number of methoxy groups -OCH3 is 1. The van der Waals surface area contributed by atoms with Crippen molar-refractivity contribution >= 4 is 0 Å². The summed E-state index contributed by atoms with van der Waals surface area (Å²) in [6.45, 7) is 1.90. The summed E-state index contributed by atoms with van der Waals surface area (Å²) in [6, 6.07) is 2.06. The van der Waals surface area contributed by atoms with Gasteiger partial charge in [0.1, 0.15) is 6.10 Å². The van der Waals surface area contributed by atoms with Crippen LogP contribution < -0.4 is 14.8 Å². The minimum Gasteiger partial charge on any atom is -0.493 e. The zero-order valence-electron chi connectivity index (χ0n) is 14.0. The Morgan fingerprint density at radius 3 is 3.12 bits per heavy atom. The zero-order chi connectivity index (χ0) is 16.7. The highest BCUT2D eigenvalue weighted by Crippen LogP contribution is 2.56. The second-order valence-corrected chi connectivity index (χ2v) is 6.98. The third-order valence-electron chi connectivity index (χ3n) is 5.66. The maximum absolute atomic E-state index is 10.1. The number of aliphatic hydroxyl groups is 2. The van der Waals surface area contributed by atoms with E-state index in [0.717, 1.165) is 43.9 Å². The Morgan fingerprint density at radius 2 is 2.33 bits per heavy atom. The first-order valence-electron chi connectivity index (χ1n) is 8.78. The van der Waals surface area contributed by atoms with E-state index in [4.69, 9.17) is 9.47 Å². The van der Waals surface area contributed by atoms with Crippen LogP contribution in [-0.2, 0) is 18.4 Å². The number of aryl methyl sites for hydroxylation is 1. The summed E-state index contributed by atoms with van der Waals surface area (Å²) in [4.78, 5) is 0. The molecular formula is C19H25NO4. The minimum atomic E-state index is -0.450. The van der Waals surface area contributed by atoms with Crippen LogP contribution >= 0.6 is 0 Å². The normalized spacial score (nSPS) is 30.3. The van der Waals surface area contributed by atoms with Crippen molar-refractivity contribution in [1.82, 2.24) is 5.32 Å². The van der Waals surface area contributed by atoms with Crippen LogP contribution in [0.4, 0.5) is 0 Å². The molecular weight excluding hydrogens is 306 g/mol. The van der Waals surface area contributed by atoms with E-state index < -0.39 is 6.10 Å². The highest BCUT2D eigenvalue weighted by atomic mass is 16.5. The molecule has 0 saturated heterocycles. The lowest BCUT2D eigenvalue weighted by atomic mass is 9.68. The van der Waals surface area contributed by atoms with Crippen LogP contribution in [0.25, 0.3) is 0 Å². The number of nitrogens with one attached hydrogen (secondary N) is 1. The SMILES string of the molecule is COc1cc(CCCO)c2c3c1OC1CC(O)C=CC31CCNC2. The van der Waals surface area contributed by atoms with Gasteiger partial charge in [0.2, 0.25) is 0 Å². The smallest absolute Gasteiger partial charge is 0.166 e. The molecule has 3 N–H and O–H groups in total. The summed E-state index contributed by atoms with van der Waals surface area (Å²) < 4.78 is 11.9. The van der Waals surface area contributed by atoms with Crippen molar-refractivity contribution in [2.75, 3.05) is 20.3 Å². The Bertz CT molecular complexity index is 672. The molecule has 0 radical (unpaired) electrons. The Hall–Kier alpha value is -1.56. The van der Waals surface area contributed by atoms with E-state index in [1.807, 2.05) is 6.08 Å². The molecule has 0 fully saturated rings. The zero-order valence-corrected chi connectivity index (χ0v) is 14.0. The van der Waals surface area contributed by atoms with Gasteiger partial charge in [0, 0.05) is 25.1 Å². The van der Waals surface area contributed by atoms with Crippen LogP contribution in [0.2, 0.25) is 0 Å². The van der Waals surface area contributed by atoms with Crippen LogP contribution in [-0.4, -0.2) is 42.7 Å². The summed E-state index contributed by atoms with van der Waals surface area (Å²) in [7, 11) is 1.67. The minimum absolute atomic E-state index is 0.0480. The molecule has 0 aromatic heterocycles. The first-order valence-corrected chi connectivity index (χ1v) is 8.78. The number of ether oxygens (including phenoxy) is 2. The molecule has 130 valence electrons. The Labute approximate surface area is 142 Å². The van der Waals surface area contributed by atoms with Gasteiger partial charge in [0.05, 0.1) is 18.6 Å². The molecule has 1 spiro atoms. The molecule has 1 aliphatic carbocycles. The molecule has 5 heteroatoms. The van der Waals surface area contributed by atoms with E-state index in [9.17, 15) is 10.2 Å². The molecule has 1 aromatic rings. The number of hydrogen-bond acceptors (Lipinski definition) is 5. The van der Waals surface area contributed by atoms with E-state index in [0.29, 0.717) is 6.42 Å². The van der Waals surface area contributed by atoms with Crippen LogP contribution in [0.1, 0.15) is 36.0 Å². The lowest BCUT2D eigenvalue weighted by Crippen LogP contribution is -2.42.